The Bertz CT molecular complexity index is 636. The van der Waals surface area contributed by atoms with Crippen LogP contribution < -0.4 is 5.46 Å². The first-order valence-corrected chi connectivity index (χ1v) is 7.09. The molecule has 2 heterocycles. The van der Waals surface area contributed by atoms with Gasteiger partial charge in [-0.25, -0.2) is 4.39 Å². The predicted molar refractivity (Wildman–Crippen MR) is 81.4 cm³/mol. The standard InChI is InChI=1S/C16H19BFNO2/c1-15(2)16(3,4)21-17(20-15)13-8-7-12(11-14(13)18)19-9-5-6-10-19/h5-11H,1-4H3. The number of benzene rings is 1. The van der Waals surface area contributed by atoms with Crippen molar-refractivity contribution in [2.45, 2.75) is 38.9 Å². The van der Waals surface area contributed by atoms with Crippen LogP contribution in [0.3, 0.4) is 0 Å². The average molecular weight is 287 g/mol. The summed E-state index contributed by atoms with van der Waals surface area (Å²) in [6.07, 6.45) is 3.76. The first kappa shape index (κ1) is 14.4. The summed E-state index contributed by atoms with van der Waals surface area (Å²) in [6.45, 7) is 7.83. The van der Waals surface area contributed by atoms with E-state index in [0.717, 1.165) is 5.69 Å². The molecule has 0 N–H and O–H groups in total. The second-order valence-corrected chi connectivity index (χ2v) is 6.38. The van der Waals surface area contributed by atoms with Gasteiger partial charge in [-0.3, -0.25) is 0 Å². The molecule has 5 heteroatoms. The van der Waals surface area contributed by atoms with Crippen LogP contribution in [0, 0.1) is 5.82 Å². The molecule has 3 rings (SSSR count). The van der Waals surface area contributed by atoms with E-state index in [1.54, 1.807) is 6.07 Å². The summed E-state index contributed by atoms with van der Waals surface area (Å²) in [6, 6.07) is 8.90. The number of rotatable bonds is 2. The second-order valence-electron chi connectivity index (χ2n) is 6.38. The van der Waals surface area contributed by atoms with Crippen LogP contribution in [-0.2, 0) is 9.31 Å². The van der Waals surface area contributed by atoms with Crippen LogP contribution in [0.1, 0.15) is 27.7 Å². The maximum Gasteiger partial charge on any atom is 0.497 e. The Kier molecular flexibility index (Phi) is 3.22. The van der Waals surface area contributed by atoms with Crippen molar-refractivity contribution >= 4 is 12.6 Å². The van der Waals surface area contributed by atoms with Gasteiger partial charge >= 0.3 is 7.12 Å². The number of hydrogen-bond acceptors (Lipinski definition) is 2. The van der Waals surface area contributed by atoms with E-state index >= 15 is 0 Å². The molecule has 1 aromatic heterocycles. The molecule has 0 unspecified atom stereocenters. The van der Waals surface area contributed by atoms with Crippen LogP contribution in [-0.4, -0.2) is 22.9 Å². The van der Waals surface area contributed by atoms with Gasteiger partial charge in [0.25, 0.3) is 0 Å². The Labute approximate surface area is 124 Å². The highest BCUT2D eigenvalue weighted by Gasteiger charge is 2.52. The molecule has 2 aromatic rings. The Morgan fingerprint density at radius 3 is 2.10 bits per heavy atom. The van der Waals surface area contributed by atoms with Crippen molar-refractivity contribution in [1.29, 1.82) is 0 Å². The molecule has 1 aliphatic heterocycles. The van der Waals surface area contributed by atoms with Gasteiger partial charge in [0.05, 0.1) is 11.2 Å². The van der Waals surface area contributed by atoms with Crippen LogP contribution in [0.4, 0.5) is 4.39 Å². The van der Waals surface area contributed by atoms with Gasteiger partial charge in [-0.05, 0) is 52.0 Å². The molecule has 21 heavy (non-hydrogen) atoms. The lowest BCUT2D eigenvalue weighted by Gasteiger charge is -2.32. The first-order chi connectivity index (χ1) is 9.80. The molecule has 0 radical (unpaired) electrons. The van der Waals surface area contributed by atoms with Crippen molar-refractivity contribution in [3.8, 4) is 5.69 Å². The summed E-state index contributed by atoms with van der Waals surface area (Å²) in [5.74, 6) is -0.320. The third-order valence-corrected chi connectivity index (χ3v) is 4.39. The molecule has 1 saturated heterocycles. The molecule has 1 aliphatic rings. The molecule has 0 aliphatic carbocycles. The topological polar surface area (TPSA) is 23.4 Å². The van der Waals surface area contributed by atoms with Crippen LogP contribution in [0.25, 0.3) is 5.69 Å². The zero-order valence-electron chi connectivity index (χ0n) is 12.8. The van der Waals surface area contributed by atoms with Crippen molar-refractivity contribution in [3.63, 3.8) is 0 Å². The highest BCUT2D eigenvalue weighted by Crippen LogP contribution is 2.36. The fourth-order valence-electron chi connectivity index (χ4n) is 2.34. The van der Waals surface area contributed by atoms with E-state index < -0.39 is 18.3 Å². The minimum absolute atomic E-state index is 0.320. The minimum Gasteiger partial charge on any atom is -0.399 e. The smallest absolute Gasteiger partial charge is 0.399 e. The van der Waals surface area contributed by atoms with E-state index in [4.69, 9.17) is 9.31 Å². The van der Waals surface area contributed by atoms with Crippen molar-refractivity contribution < 1.29 is 13.7 Å². The molecule has 0 amide bonds. The van der Waals surface area contributed by atoms with E-state index in [9.17, 15) is 4.39 Å². The summed E-state index contributed by atoms with van der Waals surface area (Å²) in [5, 5.41) is 0. The number of hydrogen-bond donors (Lipinski definition) is 0. The van der Waals surface area contributed by atoms with Gasteiger partial charge in [-0.15, -0.1) is 0 Å². The van der Waals surface area contributed by atoms with Crippen molar-refractivity contribution in [2.75, 3.05) is 0 Å². The molecular weight excluding hydrogens is 268 g/mol. The number of aromatic nitrogens is 1. The molecule has 0 saturated carbocycles. The zero-order valence-corrected chi connectivity index (χ0v) is 12.8. The molecular formula is C16H19BFNO2. The highest BCUT2D eigenvalue weighted by atomic mass is 19.1. The summed E-state index contributed by atoms with van der Waals surface area (Å²) >= 11 is 0. The summed E-state index contributed by atoms with van der Waals surface area (Å²) in [5.41, 5.74) is 0.272. The fraction of sp³-hybridized carbons (Fsp3) is 0.375. The Morgan fingerprint density at radius 1 is 1.00 bits per heavy atom. The van der Waals surface area contributed by atoms with E-state index in [1.807, 2.05) is 62.9 Å². The zero-order chi connectivity index (χ0) is 15.3. The van der Waals surface area contributed by atoms with Crippen molar-refractivity contribution in [2.24, 2.45) is 0 Å². The Balaban J connectivity index is 1.91. The Hall–Kier alpha value is -1.59. The molecule has 1 fully saturated rings. The SMILES string of the molecule is CC1(C)OB(c2ccc(-n3cccc3)cc2F)OC1(C)C. The van der Waals surface area contributed by atoms with Gasteiger partial charge in [0, 0.05) is 23.5 Å². The van der Waals surface area contributed by atoms with Gasteiger partial charge < -0.3 is 13.9 Å². The third kappa shape index (κ3) is 2.41. The maximum atomic E-state index is 14.4. The summed E-state index contributed by atoms with van der Waals surface area (Å²) in [7, 11) is -0.672. The highest BCUT2D eigenvalue weighted by molar-refractivity contribution is 6.62. The predicted octanol–water partition coefficient (Wildman–Crippen LogP) is 2.92. The maximum absolute atomic E-state index is 14.4. The molecule has 110 valence electrons. The van der Waals surface area contributed by atoms with Gasteiger partial charge in [-0.2, -0.15) is 0 Å². The molecule has 3 nitrogen and oxygen atoms in total. The average Bonchev–Trinajstić information content (AvgIpc) is 2.96. The van der Waals surface area contributed by atoms with Gasteiger partial charge in [0.1, 0.15) is 5.82 Å². The largest absolute Gasteiger partial charge is 0.497 e. The lowest BCUT2D eigenvalue weighted by molar-refractivity contribution is 0.00578. The second kappa shape index (κ2) is 4.72. The fourth-order valence-corrected chi connectivity index (χ4v) is 2.34. The summed E-state index contributed by atoms with van der Waals surface area (Å²) in [4.78, 5) is 0. The first-order valence-electron chi connectivity index (χ1n) is 7.09. The minimum atomic E-state index is -0.672. The molecule has 0 bridgehead atoms. The van der Waals surface area contributed by atoms with E-state index in [2.05, 4.69) is 0 Å². The monoisotopic (exact) mass is 287 g/mol. The van der Waals surface area contributed by atoms with Crippen LogP contribution >= 0.6 is 0 Å². The van der Waals surface area contributed by atoms with Crippen LogP contribution in [0.5, 0.6) is 0 Å². The van der Waals surface area contributed by atoms with Gasteiger partial charge in [0.15, 0.2) is 0 Å². The van der Waals surface area contributed by atoms with E-state index in [1.165, 1.54) is 6.07 Å². The van der Waals surface area contributed by atoms with Crippen LogP contribution in [0.2, 0.25) is 0 Å². The van der Waals surface area contributed by atoms with Gasteiger partial charge in [0.2, 0.25) is 0 Å². The van der Waals surface area contributed by atoms with Crippen LogP contribution in [0.15, 0.2) is 42.7 Å². The molecule has 0 atom stereocenters. The lowest BCUT2D eigenvalue weighted by atomic mass is 9.78. The third-order valence-electron chi connectivity index (χ3n) is 4.39. The normalized spacial score (nSPS) is 20.0. The molecule has 1 aromatic carbocycles. The number of nitrogens with zero attached hydrogens (tertiary/aromatic N) is 1. The van der Waals surface area contributed by atoms with E-state index in [-0.39, 0.29) is 5.82 Å². The quantitative estimate of drug-likeness (QED) is 0.793. The molecule has 0 spiro atoms. The number of halogens is 1. The lowest BCUT2D eigenvalue weighted by Crippen LogP contribution is -2.41. The van der Waals surface area contributed by atoms with E-state index in [0.29, 0.717) is 5.46 Å². The van der Waals surface area contributed by atoms with Crippen molar-refractivity contribution in [1.82, 2.24) is 4.57 Å². The van der Waals surface area contributed by atoms with Crippen molar-refractivity contribution in [3.05, 3.63) is 48.5 Å². The van der Waals surface area contributed by atoms with Gasteiger partial charge in [-0.1, -0.05) is 6.07 Å². The Morgan fingerprint density at radius 2 is 1.57 bits per heavy atom. The summed E-state index contributed by atoms with van der Waals surface area (Å²) < 4.78 is 28.1.